The maximum absolute atomic E-state index is 12.9. The van der Waals surface area contributed by atoms with Crippen molar-refractivity contribution >= 4 is 17.5 Å². The molecular weight excluding hydrogens is 352 g/mol. The molecule has 1 aromatic rings. The van der Waals surface area contributed by atoms with E-state index in [1.54, 1.807) is 12.0 Å². The van der Waals surface area contributed by atoms with Crippen molar-refractivity contribution < 1.29 is 14.3 Å². The summed E-state index contributed by atoms with van der Waals surface area (Å²) in [5.74, 6) is 3.27. The molecule has 150 valence electrons. The predicted molar refractivity (Wildman–Crippen MR) is 107 cm³/mol. The highest BCUT2D eigenvalue weighted by molar-refractivity contribution is 6.00. The first-order valence-electron chi connectivity index (χ1n) is 10.8. The Bertz CT molecular complexity index is 737. The van der Waals surface area contributed by atoms with E-state index in [0.717, 1.165) is 35.7 Å². The van der Waals surface area contributed by atoms with Gasteiger partial charge < -0.3 is 15.0 Å². The van der Waals surface area contributed by atoms with Crippen LogP contribution in [0, 0.1) is 29.1 Å². The van der Waals surface area contributed by atoms with E-state index >= 15 is 0 Å². The van der Waals surface area contributed by atoms with Gasteiger partial charge in [0.1, 0.15) is 5.75 Å². The van der Waals surface area contributed by atoms with Gasteiger partial charge in [0.15, 0.2) is 0 Å². The minimum Gasteiger partial charge on any atom is -0.497 e. The summed E-state index contributed by atoms with van der Waals surface area (Å²) in [7, 11) is 1.63. The van der Waals surface area contributed by atoms with Gasteiger partial charge >= 0.3 is 0 Å². The Morgan fingerprint density at radius 2 is 1.71 bits per heavy atom. The van der Waals surface area contributed by atoms with E-state index in [1.807, 2.05) is 24.3 Å². The van der Waals surface area contributed by atoms with Gasteiger partial charge in [-0.1, -0.05) is 0 Å². The number of nitrogens with zero attached hydrogens (tertiary/aromatic N) is 1. The van der Waals surface area contributed by atoms with E-state index in [0.29, 0.717) is 18.4 Å². The van der Waals surface area contributed by atoms with E-state index in [4.69, 9.17) is 4.74 Å². The van der Waals surface area contributed by atoms with Crippen LogP contribution < -0.4 is 15.0 Å². The number of nitrogens with one attached hydrogen (secondary N) is 1. The van der Waals surface area contributed by atoms with Crippen molar-refractivity contribution in [1.82, 2.24) is 5.32 Å². The maximum Gasteiger partial charge on any atom is 0.227 e. The summed E-state index contributed by atoms with van der Waals surface area (Å²) >= 11 is 0. The lowest BCUT2D eigenvalue weighted by atomic mass is 9.49. The third kappa shape index (κ3) is 3.19. The molecule has 1 saturated heterocycles. The highest BCUT2D eigenvalue weighted by atomic mass is 16.5. The minimum absolute atomic E-state index is 0.0279. The van der Waals surface area contributed by atoms with E-state index in [-0.39, 0.29) is 17.7 Å². The number of hydrogen-bond donors (Lipinski definition) is 1. The first-order valence-corrected chi connectivity index (χ1v) is 10.8. The average molecular weight is 383 g/mol. The molecule has 1 unspecified atom stereocenters. The lowest BCUT2D eigenvalue weighted by molar-refractivity contribution is -0.128. The Hall–Kier alpha value is -2.04. The third-order valence-corrected chi connectivity index (χ3v) is 7.68. The van der Waals surface area contributed by atoms with Crippen molar-refractivity contribution in [3.05, 3.63) is 24.3 Å². The van der Waals surface area contributed by atoms with Crippen molar-refractivity contribution in [2.45, 2.75) is 44.9 Å². The second-order valence-electron chi connectivity index (χ2n) is 9.74. The number of benzene rings is 1. The number of hydrogen-bond acceptors (Lipinski definition) is 3. The first-order chi connectivity index (χ1) is 13.5. The molecule has 1 heterocycles. The fourth-order valence-corrected chi connectivity index (χ4v) is 6.82. The number of ether oxygens (including phenoxy) is 1. The van der Waals surface area contributed by atoms with Crippen molar-refractivity contribution in [2.24, 2.45) is 29.1 Å². The molecule has 5 fully saturated rings. The van der Waals surface area contributed by atoms with E-state index in [1.165, 1.54) is 38.5 Å². The topological polar surface area (TPSA) is 58.6 Å². The average Bonchev–Trinajstić information content (AvgIpc) is 3.07. The second-order valence-corrected chi connectivity index (χ2v) is 9.74. The van der Waals surface area contributed by atoms with Crippen molar-refractivity contribution in [2.75, 3.05) is 25.1 Å². The molecule has 5 nitrogen and oxygen atoms in total. The van der Waals surface area contributed by atoms with Gasteiger partial charge in [-0.15, -0.1) is 0 Å². The van der Waals surface area contributed by atoms with E-state index in [2.05, 4.69) is 5.32 Å². The molecule has 1 aliphatic heterocycles. The Morgan fingerprint density at radius 3 is 2.29 bits per heavy atom. The second kappa shape index (κ2) is 6.78. The first kappa shape index (κ1) is 18.0. The van der Waals surface area contributed by atoms with Crippen LogP contribution in [0.4, 0.5) is 5.69 Å². The molecule has 4 bridgehead atoms. The van der Waals surface area contributed by atoms with Crippen LogP contribution in [0.1, 0.15) is 44.9 Å². The van der Waals surface area contributed by atoms with Gasteiger partial charge in [0, 0.05) is 25.2 Å². The number of methoxy groups -OCH3 is 1. The molecule has 1 aromatic carbocycles. The molecule has 1 N–H and O–H groups in total. The van der Waals surface area contributed by atoms with Crippen LogP contribution in [0.2, 0.25) is 0 Å². The lowest BCUT2D eigenvalue weighted by Crippen LogP contribution is -2.51. The minimum atomic E-state index is -0.247. The molecule has 0 aromatic heterocycles. The smallest absolute Gasteiger partial charge is 0.227 e. The van der Waals surface area contributed by atoms with E-state index in [9.17, 15) is 9.59 Å². The molecule has 28 heavy (non-hydrogen) atoms. The molecule has 5 aliphatic rings. The van der Waals surface area contributed by atoms with Crippen LogP contribution in [0.3, 0.4) is 0 Å². The molecule has 4 aliphatic carbocycles. The fraction of sp³-hybridized carbons (Fsp3) is 0.652. The van der Waals surface area contributed by atoms with Crippen LogP contribution in [0.25, 0.3) is 0 Å². The van der Waals surface area contributed by atoms with Crippen molar-refractivity contribution in [3.63, 3.8) is 0 Å². The zero-order valence-electron chi connectivity index (χ0n) is 16.7. The largest absolute Gasteiger partial charge is 0.497 e. The van der Waals surface area contributed by atoms with Crippen LogP contribution >= 0.6 is 0 Å². The fourth-order valence-electron chi connectivity index (χ4n) is 6.82. The molecular formula is C23H30N2O3. The molecule has 0 radical (unpaired) electrons. The van der Waals surface area contributed by atoms with Gasteiger partial charge in [0.2, 0.25) is 11.8 Å². The molecule has 1 atom stereocenters. The SMILES string of the molecule is COc1ccc(N2CC(C(=O)NCC34CC5CC(CC(C5)C3)C4)CC2=O)cc1. The lowest BCUT2D eigenvalue weighted by Gasteiger charge is -2.57. The van der Waals surface area contributed by atoms with Crippen molar-refractivity contribution in [1.29, 1.82) is 0 Å². The normalized spacial score (nSPS) is 36.0. The summed E-state index contributed by atoms with van der Waals surface area (Å²) < 4.78 is 5.18. The van der Waals surface area contributed by atoms with Gasteiger partial charge in [-0.25, -0.2) is 0 Å². The molecule has 5 heteroatoms. The van der Waals surface area contributed by atoms with Crippen molar-refractivity contribution in [3.8, 4) is 5.75 Å². The summed E-state index contributed by atoms with van der Waals surface area (Å²) in [4.78, 5) is 27.1. The Morgan fingerprint density at radius 1 is 1.11 bits per heavy atom. The monoisotopic (exact) mass is 382 g/mol. The summed E-state index contributed by atoms with van der Waals surface area (Å²) in [6, 6.07) is 7.46. The van der Waals surface area contributed by atoms with Gasteiger partial charge in [-0.05, 0) is 86.0 Å². The Balaban J connectivity index is 1.20. The quantitative estimate of drug-likeness (QED) is 0.849. The number of carbonyl (C=O) groups is 2. The zero-order valence-corrected chi connectivity index (χ0v) is 16.7. The highest BCUT2D eigenvalue weighted by Gasteiger charge is 2.51. The zero-order chi connectivity index (χ0) is 19.3. The number of amides is 2. The van der Waals surface area contributed by atoms with Crippen LogP contribution in [-0.4, -0.2) is 32.0 Å². The van der Waals surface area contributed by atoms with Crippen LogP contribution in [-0.2, 0) is 9.59 Å². The van der Waals surface area contributed by atoms with Crippen LogP contribution in [0.15, 0.2) is 24.3 Å². The third-order valence-electron chi connectivity index (χ3n) is 7.68. The predicted octanol–water partition coefficient (Wildman–Crippen LogP) is 3.38. The van der Waals surface area contributed by atoms with Gasteiger partial charge in [0.25, 0.3) is 0 Å². The standard InChI is InChI=1S/C23H30N2O3/c1-28-20-4-2-19(3-5-20)25-13-18(9-21(25)26)22(27)24-14-23-10-15-6-16(11-23)8-17(7-15)12-23/h2-5,15-18H,6-14H2,1H3,(H,24,27). The van der Waals surface area contributed by atoms with Gasteiger partial charge in [-0.2, -0.15) is 0 Å². The van der Waals surface area contributed by atoms with Crippen LogP contribution in [0.5, 0.6) is 5.75 Å². The maximum atomic E-state index is 12.9. The number of carbonyl (C=O) groups excluding carboxylic acids is 2. The molecule has 0 spiro atoms. The summed E-state index contributed by atoms with van der Waals surface area (Å²) in [5.41, 5.74) is 1.17. The summed E-state index contributed by atoms with van der Waals surface area (Å²) in [6.07, 6.45) is 8.44. The number of rotatable bonds is 5. The van der Waals surface area contributed by atoms with Gasteiger partial charge in [0.05, 0.1) is 13.0 Å². The Labute approximate surface area is 166 Å². The van der Waals surface area contributed by atoms with E-state index < -0.39 is 0 Å². The molecule has 2 amide bonds. The summed E-state index contributed by atoms with van der Waals surface area (Å²) in [5, 5.41) is 3.25. The molecule has 4 saturated carbocycles. The number of anilines is 1. The summed E-state index contributed by atoms with van der Waals surface area (Å²) in [6.45, 7) is 1.28. The molecule has 6 rings (SSSR count). The highest BCUT2D eigenvalue weighted by Crippen LogP contribution is 2.59. The Kier molecular flexibility index (Phi) is 4.37. The van der Waals surface area contributed by atoms with Gasteiger partial charge in [-0.3, -0.25) is 9.59 Å².